The molecule has 1 aromatic rings. The van der Waals surface area contributed by atoms with Gasteiger partial charge in [0.1, 0.15) is 20.1 Å². The van der Waals surface area contributed by atoms with Crippen molar-refractivity contribution < 1.29 is 9.53 Å². The molecule has 0 unspecified atom stereocenters. The van der Waals surface area contributed by atoms with Gasteiger partial charge in [0, 0.05) is 5.92 Å². The van der Waals surface area contributed by atoms with Crippen LogP contribution in [0.5, 0.6) is 5.75 Å². The first-order valence-electron chi connectivity index (χ1n) is 8.09. The summed E-state index contributed by atoms with van der Waals surface area (Å²) < 4.78 is 5.45. The zero-order valence-electron chi connectivity index (χ0n) is 14.1. The van der Waals surface area contributed by atoms with E-state index in [1.807, 2.05) is 6.07 Å². The highest BCUT2D eigenvalue weighted by Gasteiger charge is 2.22. The van der Waals surface area contributed by atoms with E-state index in [1.54, 1.807) is 7.11 Å². The van der Waals surface area contributed by atoms with E-state index in [4.69, 9.17) is 4.74 Å². The summed E-state index contributed by atoms with van der Waals surface area (Å²) in [6, 6.07) is 6.39. The monoisotopic (exact) mass is 314 g/mol. The van der Waals surface area contributed by atoms with Crippen LogP contribution < -0.4 is 4.74 Å². The van der Waals surface area contributed by atoms with Gasteiger partial charge < -0.3 is 9.53 Å². The number of benzene rings is 1. The Kier molecular flexibility index (Phi) is 5.47. The molecule has 0 heterocycles. The molecule has 0 bridgehead atoms. The van der Waals surface area contributed by atoms with Gasteiger partial charge in [0.25, 0.3) is 0 Å². The van der Waals surface area contributed by atoms with E-state index in [0.717, 1.165) is 43.3 Å². The smallest absolute Gasteiger partial charge is 0.134 e. The highest BCUT2D eigenvalue weighted by molar-refractivity contribution is 6.83. The van der Waals surface area contributed by atoms with Crippen LogP contribution in [0.1, 0.15) is 42.7 Å². The van der Waals surface area contributed by atoms with Crippen molar-refractivity contribution in [1.82, 2.24) is 0 Å². The maximum Gasteiger partial charge on any atom is 0.134 e. The van der Waals surface area contributed by atoms with Gasteiger partial charge >= 0.3 is 0 Å². The molecule has 0 atom stereocenters. The Morgan fingerprint density at radius 1 is 1.18 bits per heavy atom. The van der Waals surface area contributed by atoms with E-state index in [2.05, 4.69) is 43.2 Å². The molecule has 0 N–H and O–H groups in total. The van der Waals surface area contributed by atoms with E-state index in [0.29, 0.717) is 5.92 Å². The molecule has 1 aliphatic carbocycles. The molecular formula is C19H26O2Si. The Balaban J connectivity index is 2.23. The number of ether oxygens (including phenoxy) is 1. The molecule has 118 valence electrons. The molecule has 0 saturated heterocycles. The molecule has 1 fully saturated rings. The van der Waals surface area contributed by atoms with Crippen molar-refractivity contribution in [3.63, 3.8) is 0 Å². The van der Waals surface area contributed by atoms with Crippen LogP contribution in [0, 0.1) is 17.4 Å². The zero-order valence-corrected chi connectivity index (χ0v) is 15.1. The van der Waals surface area contributed by atoms with Gasteiger partial charge in [-0.1, -0.05) is 31.6 Å². The normalized spacial score (nSPS) is 21.6. The summed E-state index contributed by atoms with van der Waals surface area (Å²) in [5, 5.41) is 0. The zero-order chi connectivity index (χ0) is 16.2. The van der Waals surface area contributed by atoms with Crippen molar-refractivity contribution in [3.8, 4) is 17.2 Å². The second-order valence-corrected chi connectivity index (χ2v) is 12.0. The number of aldehydes is 1. The number of hydrogen-bond acceptors (Lipinski definition) is 2. The Morgan fingerprint density at radius 3 is 2.41 bits per heavy atom. The molecule has 0 aliphatic heterocycles. The van der Waals surface area contributed by atoms with Crippen LogP contribution in [0.2, 0.25) is 19.6 Å². The highest BCUT2D eigenvalue weighted by Crippen LogP contribution is 2.36. The molecule has 22 heavy (non-hydrogen) atoms. The predicted octanol–water partition coefficient (Wildman–Crippen LogP) is 4.40. The maximum atomic E-state index is 10.9. The van der Waals surface area contributed by atoms with Gasteiger partial charge in [0.2, 0.25) is 0 Å². The molecule has 0 spiro atoms. The second kappa shape index (κ2) is 7.15. The minimum atomic E-state index is -1.40. The SMILES string of the molecule is COc1ccc(C2CCC(C=O)CC2)cc1C#C[Si](C)(C)C. The van der Waals surface area contributed by atoms with Crippen LogP contribution in [0.4, 0.5) is 0 Å². The number of rotatable bonds is 3. The van der Waals surface area contributed by atoms with Crippen LogP contribution in [0.25, 0.3) is 0 Å². The van der Waals surface area contributed by atoms with Crippen LogP contribution in [0.15, 0.2) is 18.2 Å². The van der Waals surface area contributed by atoms with Gasteiger partial charge in [-0.15, -0.1) is 5.54 Å². The molecule has 2 nitrogen and oxygen atoms in total. The Bertz CT molecular complexity index is 582. The van der Waals surface area contributed by atoms with Gasteiger partial charge in [-0.2, -0.15) is 0 Å². The first kappa shape index (κ1) is 16.8. The summed E-state index contributed by atoms with van der Waals surface area (Å²) in [7, 11) is 0.296. The lowest BCUT2D eigenvalue weighted by molar-refractivity contribution is -0.111. The molecule has 2 rings (SSSR count). The first-order chi connectivity index (χ1) is 10.4. The lowest BCUT2D eigenvalue weighted by atomic mass is 9.79. The average molecular weight is 315 g/mol. The lowest BCUT2D eigenvalue weighted by Gasteiger charge is -2.26. The molecule has 0 aromatic heterocycles. The Morgan fingerprint density at radius 2 is 1.86 bits per heavy atom. The average Bonchev–Trinajstić information content (AvgIpc) is 2.52. The number of methoxy groups -OCH3 is 1. The third-order valence-electron chi connectivity index (χ3n) is 4.23. The van der Waals surface area contributed by atoms with E-state index < -0.39 is 8.07 Å². The summed E-state index contributed by atoms with van der Waals surface area (Å²) in [5.41, 5.74) is 5.76. The number of hydrogen-bond donors (Lipinski definition) is 0. The standard InChI is InChI=1S/C19H26O2Si/c1-21-19-10-9-17(13-18(19)11-12-22(2,3)4)16-7-5-15(14-20)6-8-16/h9-10,13-16H,5-8H2,1-4H3. The van der Waals surface area contributed by atoms with E-state index >= 15 is 0 Å². The maximum absolute atomic E-state index is 10.9. The van der Waals surface area contributed by atoms with Crippen molar-refractivity contribution in [2.75, 3.05) is 7.11 Å². The van der Waals surface area contributed by atoms with Crippen LogP contribution >= 0.6 is 0 Å². The summed E-state index contributed by atoms with van der Waals surface area (Å²) >= 11 is 0. The fourth-order valence-electron chi connectivity index (χ4n) is 2.92. The van der Waals surface area contributed by atoms with Crippen molar-refractivity contribution in [3.05, 3.63) is 29.3 Å². The summed E-state index contributed by atoms with van der Waals surface area (Å²) in [5.74, 6) is 5.01. The van der Waals surface area contributed by atoms with E-state index in [9.17, 15) is 4.79 Å². The molecule has 1 aliphatic rings. The Hall–Kier alpha value is -1.53. The largest absolute Gasteiger partial charge is 0.495 e. The molecular weight excluding hydrogens is 288 g/mol. The second-order valence-electron chi connectivity index (χ2n) is 7.21. The van der Waals surface area contributed by atoms with Crippen molar-refractivity contribution in [2.24, 2.45) is 5.92 Å². The molecule has 1 saturated carbocycles. The topological polar surface area (TPSA) is 26.3 Å². The van der Waals surface area contributed by atoms with Crippen LogP contribution in [-0.2, 0) is 4.79 Å². The summed E-state index contributed by atoms with van der Waals surface area (Å²) in [6.45, 7) is 6.74. The third kappa shape index (κ3) is 4.48. The quantitative estimate of drug-likeness (QED) is 0.470. The first-order valence-corrected chi connectivity index (χ1v) is 11.6. The molecule has 0 amide bonds. The summed E-state index contributed by atoms with van der Waals surface area (Å²) in [6.07, 6.45) is 5.33. The predicted molar refractivity (Wildman–Crippen MR) is 94.0 cm³/mol. The fraction of sp³-hybridized carbons (Fsp3) is 0.526. The molecule has 1 aromatic carbocycles. The fourth-order valence-corrected chi connectivity index (χ4v) is 3.43. The third-order valence-corrected chi connectivity index (χ3v) is 5.11. The van der Waals surface area contributed by atoms with Gasteiger partial charge in [0.15, 0.2) is 0 Å². The molecule has 0 radical (unpaired) electrons. The van der Waals surface area contributed by atoms with Gasteiger partial charge in [-0.25, -0.2) is 0 Å². The molecule has 3 heteroatoms. The van der Waals surface area contributed by atoms with Crippen LogP contribution in [0.3, 0.4) is 0 Å². The van der Waals surface area contributed by atoms with Gasteiger partial charge in [-0.3, -0.25) is 0 Å². The summed E-state index contributed by atoms with van der Waals surface area (Å²) in [4.78, 5) is 10.9. The van der Waals surface area contributed by atoms with Crippen LogP contribution in [-0.4, -0.2) is 21.5 Å². The van der Waals surface area contributed by atoms with Gasteiger partial charge in [0.05, 0.1) is 12.7 Å². The van der Waals surface area contributed by atoms with E-state index in [1.165, 1.54) is 5.56 Å². The minimum Gasteiger partial charge on any atom is -0.495 e. The van der Waals surface area contributed by atoms with Gasteiger partial charge in [-0.05, 0) is 49.3 Å². The number of carbonyl (C=O) groups excluding carboxylic acids is 1. The Labute approximate surface area is 135 Å². The number of carbonyl (C=O) groups is 1. The lowest BCUT2D eigenvalue weighted by Crippen LogP contribution is -2.16. The highest BCUT2D eigenvalue weighted by atomic mass is 28.3. The van der Waals surface area contributed by atoms with Crippen molar-refractivity contribution in [1.29, 1.82) is 0 Å². The van der Waals surface area contributed by atoms with Crippen molar-refractivity contribution in [2.45, 2.75) is 51.2 Å². The minimum absolute atomic E-state index is 0.264. The van der Waals surface area contributed by atoms with E-state index in [-0.39, 0.29) is 5.92 Å². The van der Waals surface area contributed by atoms with Crippen molar-refractivity contribution >= 4 is 14.4 Å².